The SMILES string of the molecule is C=CCCNCc1nnc2n1-c1cc(Br)ccc1C(c1ccccc1Cl)=NC2C. The van der Waals surface area contributed by atoms with Crippen LogP contribution in [0.1, 0.15) is 42.2 Å². The summed E-state index contributed by atoms with van der Waals surface area (Å²) < 4.78 is 3.09. The highest BCUT2D eigenvalue weighted by molar-refractivity contribution is 9.10. The Morgan fingerprint density at radius 2 is 2.03 bits per heavy atom. The fourth-order valence-electron chi connectivity index (χ4n) is 3.46. The number of rotatable bonds is 6. The maximum atomic E-state index is 6.53. The van der Waals surface area contributed by atoms with Crippen molar-refractivity contribution in [2.75, 3.05) is 6.54 Å². The van der Waals surface area contributed by atoms with E-state index in [9.17, 15) is 0 Å². The van der Waals surface area contributed by atoms with Gasteiger partial charge >= 0.3 is 0 Å². The lowest BCUT2D eigenvalue weighted by atomic mass is 10.0. The maximum absolute atomic E-state index is 6.53. The molecule has 2 heterocycles. The number of benzene rings is 2. The highest BCUT2D eigenvalue weighted by Gasteiger charge is 2.27. The maximum Gasteiger partial charge on any atom is 0.162 e. The van der Waals surface area contributed by atoms with Crippen LogP contribution in [0.25, 0.3) is 5.69 Å². The van der Waals surface area contributed by atoms with Crippen molar-refractivity contribution in [3.05, 3.63) is 87.4 Å². The van der Waals surface area contributed by atoms with Crippen molar-refractivity contribution >= 4 is 33.2 Å². The third-order valence-corrected chi connectivity index (χ3v) is 5.67. The average Bonchev–Trinajstić information content (AvgIpc) is 3.09. The molecular formula is C22H21BrClN5. The minimum absolute atomic E-state index is 0.165. The van der Waals surface area contributed by atoms with Crippen molar-refractivity contribution in [1.82, 2.24) is 20.1 Å². The standard InChI is InChI=1S/C22H21BrClN5/c1-3-4-11-25-13-20-27-28-22-14(2)26-21(16-7-5-6-8-18(16)24)17-10-9-15(23)12-19(17)29(20)22/h3,5-10,12,14,25H,1,4,11,13H2,2H3. The van der Waals surface area contributed by atoms with E-state index in [2.05, 4.69) is 54.7 Å². The van der Waals surface area contributed by atoms with Gasteiger partial charge in [0.15, 0.2) is 11.6 Å². The van der Waals surface area contributed by atoms with Gasteiger partial charge in [0.05, 0.1) is 17.9 Å². The number of aliphatic imine (C=N–C) groups is 1. The van der Waals surface area contributed by atoms with Crippen molar-refractivity contribution < 1.29 is 0 Å². The van der Waals surface area contributed by atoms with Gasteiger partial charge in [0.1, 0.15) is 6.04 Å². The first-order valence-electron chi connectivity index (χ1n) is 9.49. The molecule has 29 heavy (non-hydrogen) atoms. The van der Waals surface area contributed by atoms with Gasteiger partial charge < -0.3 is 5.32 Å². The quantitative estimate of drug-likeness (QED) is 0.395. The summed E-state index contributed by atoms with van der Waals surface area (Å²) in [6, 6.07) is 13.8. The molecule has 0 amide bonds. The Morgan fingerprint density at radius 3 is 2.83 bits per heavy atom. The van der Waals surface area contributed by atoms with Crippen LogP contribution in [0, 0.1) is 0 Å². The average molecular weight is 471 g/mol. The Kier molecular flexibility index (Phi) is 5.94. The van der Waals surface area contributed by atoms with E-state index in [4.69, 9.17) is 16.6 Å². The molecular weight excluding hydrogens is 450 g/mol. The van der Waals surface area contributed by atoms with E-state index in [0.717, 1.165) is 51.6 Å². The summed E-state index contributed by atoms with van der Waals surface area (Å²) >= 11 is 10.1. The van der Waals surface area contributed by atoms with Crippen LogP contribution in [0.4, 0.5) is 0 Å². The molecule has 5 nitrogen and oxygen atoms in total. The van der Waals surface area contributed by atoms with Crippen LogP contribution in [0.5, 0.6) is 0 Å². The summed E-state index contributed by atoms with van der Waals surface area (Å²) in [7, 11) is 0. The van der Waals surface area contributed by atoms with Crippen molar-refractivity contribution in [3.63, 3.8) is 0 Å². The van der Waals surface area contributed by atoms with E-state index in [1.165, 1.54) is 0 Å². The van der Waals surface area contributed by atoms with E-state index in [1.54, 1.807) is 0 Å². The topological polar surface area (TPSA) is 55.1 Å². The summed E-state index contributed by atoms with van der Waals surface area (Å²) in [6.45, 7) is 7.26. The first kappa shape index (κ1) is 20.0. The van der Waals surface area contributed by atoms with E-state index < -0.39 is 0 Å². The zero-order valence-corrected chi connectivity index (χ0v) is 18.4. The van der Waals surface area contributed by atoms with Crippen molar-refractivity contribution in [2.24, 2.45) is 4.99 Å². The Morgan fingerprint density at radius 1 is 1.21 bits per heavy atom. The first-order valence-corrected chi connectivity index (χ1v) is 10.7. The molecule has 1 aliphatic rings. The number of aromatic nitrogens is 3. The molecule has 1 aromatic heterocycles. The second-order valence-corrected chi connectivity index (χ2v) is 8.18. The largest absolute Gasteiger partial charge is 0.310 e. The van der Waals surface area contributed by atoms with Gasteiger partial charge in [-0.05, 0) is 44.2 Å². The second-order valence-electron chi connectivity index (χ2n) is 6.86. The molecule has 1 aliphatic heterocycles. The predicted molar refractivity (Wildman–Crippen MR) is 121 cm³/mol. The van der Waals surface area contributed by atoms with Gasteiger partial charge in [-0.2, -0.15) is 0 Å². The molecule has 0 radical (unpaired) electrons. The number of nitrogens with zero attached hydrogens (tertiary/aromatic N) is 4. The summed E-state index contributed by atoms with van der Waals surface area (Å²) in [4.78, 5) is 5.00. The number of hydrogen-bond donors (Lipinski definition) is 1. The Bertz CT molecular complexity index is 1090. The number of hydrogen-bond acceptors (Lipinski definition) is 4. The van der Waals surface area contributed by atoms with Crippen LogP contribution in [-0.4, -0.2) is 27.0 Å². The molecule has 2 aromatic carbocycles. The highest BCUT2D eigenvalue weighted by atomic mass is 79.9. The third kappa shape index (κ3) is 3.92. The second kappa shape index (κ2) is 8.61. The van der Waals surface area contributed by atoms with Gasteiger partial charge in [0, 0.05) is 20.6 Å². The minimum Gasteiger partial charge on any atom is -0.310 e. The van der Waals surface area contributed by atoms with Crippen LogP contribution in [0.2, 0.25) is 5.02 Å². The Labute approximate surface area is 183 Å². The van der Waals surface area contributed by atoms with E-state index in [-0.39, 0.29) is 6.04 Å². The van der Waals surface area contributed by atoms with Crippen LogP contribution in [-0.2, 0) is 6.54 Å². The molecule has 0 bridgehead atoms. The molecule has 0 saturated carbocycles. The lowest BCUT2D eigenvalue weighted by Crippen LogP contribution is -2.18. The Hall–Kier alpha value is -2.28. The molecule has 3 aromatic rings. The molecule has 4 rings (SSSR count). The summed E-state index contributed by atoms with van der Waals surface area (Å²) in [5.74, 6) is 1.66. The first-order chi connectivity index (χ1) is 14.1. The molecule has 0 fully saturated rings. The van der Waals surface area contributed by atoms with Crippen LogP contribution >= 0.6 is 27.5 Å². The van der Waals surface area contributed by atoms with Crippen LogP contribution < -0.4 is 5.32 Å². The molecule has 1 N–H and O–H groups in total. The van der Waals surface area contributed by atoms with E-state index in [1.807, 2.05) is 43.3 Å². The molecule has 0 saturated heterocycles. The lowest BCUT2D eigenvalue weighted by Gasteiger charge is -2.15. The highest BCUT2D eigenvalue weighted by Crippen LogP contribution is 2.33. The molecule has 1 unspecified atom stereocenters. The minimum atomic E-state index is -0.165. The van der Waals surface area contributed by atoms with E-state index >= 15 is 0 Å². The fraction of sp³-hybridized carbons (Fsp3) is 0.227. The van der Waals surface area contributed by atoms with E-state index in [0.29, 0.717) is 11.6 Å². The zero-order valence-electron chi connectivity index (χ0n) is 16.1. The van der Waals surface area contributed by atoms with Crippen molar-refractivity contribution in [1.29, 1.82) is 0 Å². The lowest BCUT2D eigenvalue weighted by molar-refractivity contribution is 0.648. The van der Waals surface area contributed by atoms with Crippen molar-refractivity contribution in [3.8, 4) is 5.69 Å². The molecule has 0 aliphatic carbocycles. The number of nitrogens with one attached hydrogen (secondary N) is 1. The molecule has 0 spiro atoms. The molecule has 7 heteroatoms. The predicted octanol–water partition coefficient (Wildman–Crippen LogP) is 5.26. The smallest absolute Gasteiger partial charge is 0.162 e. The number of fused-ring (bicyclic) bond motifs is 3. The van der Waals surface area contributed by atoms with Gasteiger partial charge in [0.25, 0.3) is 0 Å². The van der Waals surface area contributed by atoms with Crippen LogP contribution in [0.3, 0.4) is 0 Å². The third-order valence-electron chi connectivity index (χ3n) is 4.84. The Balaban J connectivity index is 1.86. The van der Waals surface area contributed by atoms with Crippen molar-refractivity contribution in [2.45, 2.75) is 25.9 Å². The molecule has 1 atom stereocenters. The van der Waals surface area contributed by atoms with Gasteiger partial charge in [0.2, 0.25) is 0 Å². The summed E-state index contributed by atoms with van der Waals surface area (Å²) in [6.07, 6.45) is 2.80. The van der Waals surface area contributed by atoms with Gasteiger partial charge in [-0.15, -0.1) is 16.8 Å². The monoisotopic (exact) mass is 469 g/mol. The normalized spacial score (nSPS) is 15.3. The number of halogens is 2. The summed E-state index contributed by atoms with van der Waals surface area (Å²) in [5, 5.41) is 13.0. The van der Waals surface area contributed by atoms with Gasteiger partial charge in [-0.1, -0.05) is 51.8 Å². The summed E-state index contributed by atoms with van der Waals surface area (Å²) in [5.41, 5.74) is 3.76. The fourth-order valence-corrected chi connectivity index (χ4v) is 4.04. The van der Waals surface area contributed by atoms with Crippen LogP contribution in [0.15, 0.2) is 64.6 Å². The zero-order chi connectivity index (χ0) is 20.4. The van der Waals surface area contributed by atoms with Gasteiger partial charge in [-0.25, -0.2) is 0 Å². The molecule has 148 valence electrons. The van der Waals surface area contributed by atoms with Gasteiger partial charge in [-0.3, -0.25) is 9.56 Å².